The molecular weight excluding hydrogens is 1470 g/mol. The van der Waals surface area contributed by atoms with Gasteiger partial charge in [0.2, 0.25) is 23.8 Å². The number of nitrogens with two attached hydrogens (primary N) is 9. The molecule has 105 heavy (non-hydrogen) atoms. The fourth-order valence-electron chi connectivity index (χ4n) is 12.3. The van der Waals surface area contributed by atoms with Crippen LogP contribution in [-0.4, -0.2) is 127 Å². The van der Waals surface area contributed by atoms with Crippen molar-refractivity contribution in [3.63, 3.8) is 0 Å². The molecule has 6 aromatic heterocycles. The van der Waals surface area contributed by atoms with Gasteiger partial charge < -0.3 is 71.2 Å². The monoisotopic (exact) mass is 1570 g/mol. The van der Waals surface area contributed by atoms with Crippen molar-refractivity contribution in [2.24, 2.45) is 72.8 Å². The first-order valence-electron chi connectivity index (χ1n) is 34.6. The number of halogens is 3. The lowest BCUT2D eigenvalue weighted by Crippen LogP contribution is -2.44. The summed E-state index contributed by atoms with van der Waals surface area (Å²) in [4.78, 5) is 91.0. The maximum Gasteiger partial charge on any atom is 0.270 e. The Morgan fingerprint density at radius 1 is 0.400 bits per heavy atom. The number of nitrogens with zero attached hydrogens (tertiary/aromatic N) is 14. The smallest absolute Gasteiger partial charge is 0.270 e. The predicted octanol–water partition coefficient (Wildman–Crippen LogP) is 8.96. The van der Waals surface area contributed by atoms with E-state index in [0.29, 0.717) is 89.5 Å². The van der Waals surface area contributed by atoms with E-state index in [0.717, 1.165) is 136 Å². The van der Waals surface area contributed by atoms with Crippen LogP contribution in [-0.2, 0) is 28.2 Å². The van der Waals surface area contributed by atoms with Crippen molar-refractivity contribution >= 4 is 135 Å². The third-order valence-electron chi connectivity index (χ3n) is 20.3. The zero-order valence-electron chi connectivity index (χ0n) is 61.0. The Hall–Kier alpha value is -7.43. The van der Waals surface area contributed by atoms with Crippen LogP contribution < -0.4 is 93.4 Å². The summed E-state index contributed by atoms with van der Waals surface area (Å²) in [5.41, 5.74) is 54.6. The Morgan fingerprint density at radius 3 is 1.08 bits per heavy atom. The number of anilines is 9. The zero-order valence-corrected chi connectivity index (χ0v) is 66.5. The van der Waals surface area contributed by atoms with Crippen LogP contribution >= 0.6 is 81.9 Å². The summed E-state index contributed by atoms with van der Waals surface area (Å²) in [5.74, 6) is 3.55. The molecule has 18 N–H and O–H groups in total. The van der Waals surface area contributed by atoms with Crippen molar-refractivity contribution < 1.29 is 0 Å². The van der Waals surface area contributed by atoms with E-state index in [9.17, 15) is 19.2 Å². The van der Waals surface area contributed by atoms with Gasteiger partial charge in [0.05, 0.1) is 15.7 Å². The van der Waals surface area contributed by atoms with E-state index >= 15 is 0 Å². The highest BCUT2D eigenvalue weighted by Crippen LogP contribution is 2.41. The molecule has 0 spiro atoms. The van der Waals surface area contributed by atoms with E-state index in [1.54, 1.807) is 72.4 Å². The Morgan fingerprint density at radius 2 is 0.733 bits per heavy atom. The molecule has 4 fully saturated rings. The maximum absolute atomic E-state index is 12.9. The molecule has 34 heteroatoms. The van der Waals surface area contributed by atoms with E-state index < -0.39 is 0 Å². The van der Waals surface area contributed by atoms with Crippen LogP contribution in [0.4, 0.5) is 52.9 Å². The first kappa shape index (κ1) is 81.6. The molecule has 0 saturated carbocycles. The molecule has 10 heterocycles. The number of pyridine rings is 2. The quantitative estimate of drug-likeness (QED) is 0.0435. The second kappa shape index (κ2) is 35.1. The first-order chi connectivity index (χ1) is 49.8. The standard InChI is InChI=1S/2C18H24ClN5OS.C18H26N6OS.C17H24ClN7OS/c1-18(11-20)6-8-24(9-7-18)17-22-15(21)14(16(25)23(17)2)26-13-5-3-4-12(19)10-13;1-18(11-20)7-9-24(10-8-18)17-22-15(21)14(16(25)23(17)2)26-13-6-4-3-5-12(13)19;1-12-13(5-4-8-21-12)26-14-15(20)22-17(23(3)16(14)25)24-9-6-18(2,11-19)7-10-24;1-17(9-19)4-7-25(8-5-17)16-23-14(21)12(15(26)24(16)2)27-10-3-6-22-13(20)11(10)18/h3-5,10H,6-9,11,20-21H2,1-2H3;3-6H,7-11,20-21H2,1-2H3;4-5,8H,6-7,9-11,19-20H2,1-3H3;3,6H,4-5,7-9,19,21H2,1-2H3,(H2,20,22). The van der Waals surface area contributed by atoms with Gasteiger partial charge in [-0.2, -0.15) is 19.9 Å². The molecule has 0 radical (unpaired) electrons. The molecule has 0 amide bonds. The molecule has 4 aliphatic rings. The minimum atomic E-state index is -0.221. The van der Waals surface area contributed by atoms with Gasteiger partial charge in [-0.3, -0.25) is 42.4 Å². The van der Waals surface area contributed by atoms with Crippen LogP contribution in [0.15, 0.2) is 137 Å². The van der Waals surface area contributed by atoms with E-state index in [-0.39, 0.29) is 73.0 Å². The van der Waals surface area contributed by atoms with Gasteiger partial charge in [0.1, 0.15) is 48.7 Å². The second-order valence-electron chi connectivity index (χ2n) is 28.4. The summed E-state index contributed by atoms with van der Waals surface area (Å²) in [5, 5.41) is 1.50. The average Bonchev–Trinajstić information content (AvgIpc) is 0.800. The predicted molar refractivity (Wildman–Crippen MR) is 432 cm³/mol. The number of aromatic nitrogens is 10. The molecule has 4 saturated heterocycles. The van der Waals surface area contributed by atoms with Gasteiger partial charge in [-0.25, -0.2) is 4.98 Å². The summed E-state index contributed by atoms with van der Waals surface area (Å²) >= 11 is 23.4. The Labute approximate surface area is 644 Å². The minimum absolute atomic E-state index is 0.132. The van der Waals surface area contributed by atoms with Gasteiger partial charge in [-0.15, -0.1) is 0 Å². The number of aryl methyl sites for hydroxylation is 1. The highest BCUT2D eigenvalue weighted by atomic mass is 35.5. The number of hydrogen-bond acceptors (Lipinski definition) is 27. The van der Waals surface area contributed by atoms with Gasteiger partial charge in [0.25, 0.3) is 22.2 Å². The van der Waals surface area contributed by atoms with E-state index in [1.807, 2.05) is 49.4 Å². The van der Waals surface area contributed by atoms with Crippen LogP contribution in [0.3, 0.4) is 0 Å². The van der Waals surface area contributed by atoms with Gasteiger partial charge in [-0.1, -0.05) is 128 Å². The number of benzene rings is 2. The Kier molecular flexibility index (Phi) is 27.3. The van der Waals surface area contributed by atoms with Crippen LogP contribution in [0.5, 0.6) is 0 Å². The third kappa shape index (κ3) is 19.5. The lowest BCUT2D eigenvalue weighted by atomic mass is 9.81. The van der Waals surface area contributed by atoms with Gasteiger partial charge in [0, 0.05) is 118 Å². The lowest BCUT2D eigenvalue weighted by Gasteiger charge is -2.39. The van der Waals surface area contributed by atoms with Crippen molar-refractivity contribution in [1.82, 2.24) is 48.2 Å². The second-order valence-corrected chi connectivity index (χ2v) is 33.8. The van der Waals surface area contributed by atoms with Gasteiger partial charge in [-0.05, 0) is 155 Å². The van der Waals surface area contributed by atoms with Crippen LogP contribution in [0.1, 0.15) is 84.8 Å². The molecule has 2 aromatic carbocycles. The van der Waals surface area contributed by atoms with Crippen LogP contribution in [0.2, 0.25) is 15.1 Å². The van der Waals surface area contributed by atoms with E-state index in [2.05, 4.69) is 77.2 Å². The molecule has 0 unspecified atom stereocenters. The molecule has 0 bridgehead atoms. The SMILES string of the molecule is Cc1ncccc1Sc1c(N)nc(N2CCC(C)(CN)CC2)n(C)c1=O.Cn1c(N2CCC(C)(CN)CC2)nc(N)c(Sc2cccc(Cl)c2)c1=O.Cn1c(N2CCC(C)(CN)CC2)nc(N)c(Sc2ccccc2Cl)c1=O.Cn1c(N2CCC(C)(CN)CC2)nc(N)c(Sc2ccnc(N)c2Cl)c1=O. The Bertz CT molecular complexity index is 4500. The fourth-order valence-corrected chi connectivity index (χ4v) is 16.7. The highest BCUT2D eigenvalue weighted by molar-refractivity contribution is 8.00. The molecule has 8 aromatic rings. The lowest BCUT2D eigenvalue weighted by molar-refractivity contribution is 0.256. The maximum atomic E-state index is 12.9. The fraction of sp³-hybridized carbons (Fsp3) is 0.465. The van der Waals surface area contributed by atoms with Crippen LogP contribution in [0, 0.1) is 28.6 Å². The number of rotatable bonds is 16. The zero-order chi connectivity index (χ0) is 76.5. The molecule has 4 aliphatic heterocycles. The van der Waals surface area contributed by atoms with Crippen LogP contribution in [0.25, 0.3) is 0 Å². The third-order valence-corrected chi connectivity index (χ3v) is 26.1. The van der Waals surface area contributed by atoms with Gasteiger partial charge >= 0.3 is 0 Å². The minimum Gasteiger partial charge on any atom is -0.382 e. The largest absolute Gasteiger partial charge is 0.382 e. The summed E-state index contributed by atoms with van der Waals surface area (Å²) in [7, 11) is 6.93. The first-order valence-corrected chi connectivity index (χ1v) is 39.0. The van der Waals surface area contributed by atoms with Crippen molar-refractivity contribution in [3.05, 3.63) is 141 Å². The molecular formula is C71H98Cl3N23O4S4. The molecule has 566 valence electrons. The van der Waals surface area contributed by atoms with Crippen molar-refractivity contribution in [3.8, 4) is 0 Å². The summed E-state index contributed by atoms with van der Waals surface area (Å²) in [6.45, 7) is 19.8. The highest BCUT2D eigenvalue weighted by Gasteiger charge is 2.35. The molecule has 27 nitrogen and oxygen atoms in total. The molecule has 0 atom stereocenters. The number of nitrogen functional groups attached to an aromatic ring is 5. The summed E-state index contributed by atoms with van der Waals surface area (Å²) in [6.07, 6.45) is 11.0. The number of piperidine rings is 4. The van der Waals surface area contributed by atoms with E-state index in [1.165, 1.54) is 46.0 Å². The van der Waals surface area contributed by atoms with E-state index in [4.69, 9.17) is 86.4 Å². The normalized spacial score (nSPS) is 16.6. The summed E-state index contributed by atoms with van der Waals surface area (Å²) < 4.78 is 6.27. The topological polar surface area (TPSA) is 412 Å². The molecule has 0 aliphatic carbocycles. The summed E-state index contributed by atoms with van der Waals surface area (Å²) in [6, 6.07) is 20.2. The van der Waals surface area contributed by atoms with Crippen molar-refractivity contribution in [1.29, 1.82) is 0 Å². The Balaban J connectivity index is 0.000000162. The van der Waals surface area contributed by atoms with Crippen molar-refractivity contribution in [2.75, 3.05) is 127 Å². The van der Waals surface area contributed by atoms with Crippen molar-refractivity contribution in [2.45, 2.75) is 125 Å². The average molecular weight is 1570 g/mol. The molecule has 12 rings (SSSR count). The van der Waals surface area contributed by atoms with Gasteiger partial charge in [0.15, 0.2) is 0 Å². The number of hydrogen-bond donors (Lipinski definition) is 9.